The van der Waals surface area contributed by atoms with Gasteiger partial charge in [-0.1, -0.05) is 32.9 Å². The van der Waals surface area contributed by atoms with Crippen LogP contribution in [-0.2, 0) is 0 Å². The molecule has 0 bridgehead atoms. The summed E-state index contributed by atoms with van der Waals surface area (Å²) >= 11 is 3.64. The Bertz CT molecular complexity index is 500. The number of ketones is 1. The van der Waals surface area contributed by atoms with Gasteiger partial charge in [0.25, 0.3) is 5.91 Å². The van der Waals surface area contributed by atoms with E-state index in [4.69, 9.17) is 0 Å². The normalized spacial score (nSPS) is 12.2. The van der Waals surface area contributed by atoms with Crippen LogP contribution in [0.1, 0.15) is 48.4 Å². The monoisotopic (exact) mass is 353 g/mol. The van der Waals surface area contributed by atoms with E-state index >= 15 is 0 Å². The highest BCUT2D eigenvalue weighted by Gasteiger charge is 2.21. The van der Waals surface area contributed by atoms with E-state index in [2.05, 4.69) is 26.1 Å². The quantitative estimate of drug-likeness (QED) is 0.643. The van der Waals surface area contributed by atoms with E-state index in [-0.39, 0.29) is 17.6 Å². The fourth-order valence-electron chi connectivity index (χ4n) is 2.05. The van der Waals surface area contributed by atoms with Crippen molar-refractivity contribution in [2.45, 2.75) is 32.9 Å². The van der Waals surface area contributed by atoms with Crippen molar-refractivity contribution in [3.8, 4) is 0 Å². The minimum absolute atomic E-state index is 0.0302. The van der Waals surface area contributed by atoms with Crippen LogP contribution in [0.25, 0.3) is 0 Å². The molecule has 0 saturated heterocycles. The third-order valence-corrected chi connectivity index (χ3v) is 5.60. The summed E-state index contributed by atoms with van der Waals surface area (Å²) in [6.07, 6.45) is 0. The molecule has 0 aromatic heterocycles. The molecule has 0 aliphatic carbocycles. The van der Waals surface area contributed by atoms with E-state index in [0.717, 1.165) is 17.3 Å². The standard InChI is InChI=1S/C18H27NO2S2/c1-5-19-18(21)15-9-7-14(8-10-15)17(20)16(11-22-6-2)12-23-13(3)4/h7-10,13,16H,5-6,11-12H2,1-4H3,(H,19,21). The van der Waals surface area contributed by atoms with E-state index in [9.17, 15) is 9.59 Å². The molecule has 0 spiro atoms. The molecule has 0 radical (unpaired) electrons. The van der Waals surface area contributed by atoms with E-state index in [1.54, 1.807) is 24.3 Å². The minimum atomic E-state index is -0.0973. The molecule has 0 aliphatic heterocycles. The Morgan fingerprint density at radius 3 is 2.17 bits per heavy atom. The molecule has 1 atom stereocenters. The summed E-state index contributed by atoms with van der Waals surface area (Å²) in [5.74, 6) is 2.84. The molecule has 23 heavy (non-hydrogen) atoms. The second-order valence-electron chi connectivity index (χ2n) is 5.54. The lowest BCUT2D eigenvalue weighted by atomic mass is 9.99. The molecule has 0 aliphatic rings. The first-order chi connectivity index (χ1) is 11.0. The largest absolute Gasteiger partial charge is 0.352 e. The van der Waals surface area contributed by atoms with Crippen LogP contribution in [0, 0.1) is 5.92 Å². The zero-order valence-corrected chi connectivity index (χ0v) is 16.1. The number of nitrogens with one attached hydrogen (secondary N) is 1. The molecule has 128 valence electrons. The van der Waals surface area contributed by atoms with Gasteiger partial charge in [0, 0.05) is 35.1 Å². The number of thioether (sulfide) groups is 2. The third kappa shape index (κ3) is 7.00. The van der Waals surface area contributed by atoms with Crippen molar-refractivity contribution in [3.05, 3.63) is 35.4 Å². The van der Waals surface area contributed by atoms with Gasteiger partial charge in [-0.15, -0.1) is 0 Å². The van der Waals surface area contributed by atoms with Crippen molar-refractivity contribution in [2.75, 3.05) is 23.8 Å². The number of carbonyl (C=O) groups excluding carboxylic acids is 2. The highest BCUT2D eigenvalue weighted by molar-refractivity contribution is 8.00. The maximum Gasteiger partial charge on any atom is 0.251 e. The summed E-state index contributed by atoms with van der Waals surface area (Å²) in [4.78, 5) is 24.5. The zero-order valence-electron chi connectivity index (χ0n) is 14.4. The van der Waals surface area contributed by atoms with Crippen LogP contribution in [0.2, 0.25) is 0 Å². The number of hydrogen-bond acceptors (Lipinski definition) is 4. The van der Waals surface area contributed by atoms with Gasteiger partial charge in [-0.25, -0.2) is 0 Å². The first kappa shape index (κ1) is 20.1. The summed E-state index contributed by atoms with van der Waals surface area (Å²) in [5.41, 5.74) is 1.29. The molecule has 0 fully saturated rings. The van der Waals surface area contributed by atoms with Gasteiger partial charge in [0.15, 0.2) is 5.78 Å². The van der Waals surface area contributed by atoms with Gasteiger partial charge < -0.3 is 5.32 Å². The van der Waals surface area contributed by atoms with Gasteiger partial charge in [0.1, 0.15) is 0 Å². The van der Waals surface area contributed by atoms with E-state index in [1.807, 2.05) is 30.4 Å². The van der Waals surface area contributed by atoms with Crippen LogP contribution in [0.4, 0.5) is 0 Å². The van der Waals surface area contributed by atoms with Crippen LogP contribution in [0.15, 0.2) is 24.3 Å². The second-order valence-corrected chi connectivity index (χ2v) is 8.47. The molecule has 0 saturated carbocycles. The van der Waals surface area contributed by atoms with Gasteiger partial charge >= 0.3 is 0 Å². The number of Topliss-reactive ketones (excluding diaryl/α,β-unsaturated/α-hetero) is 1. The van der Waals surface area contributed by atoms with E-state index in [0.29, 0.717) is 22.9 Å². The minimum Gasteiger partial charge on any atom is -0.352 e. The second kappa shape index (κ2) is 10.8. The smallest absolute Gasteiger partial charge is 0.251 e. The van der Waals surface area contributed by atoms with Crippen molar-refractivity contribution >= 4 is 35.2 Å². The Morgan fingerprint density at radius 2 is 1.65 bits per heavy atom. The molecule has 5 heteroatoms. The maximum absolute atomic E-state index is 12.7. The summed E-state index contributed by atoms with van der Waals surface area (Å²) < 4.78 is 0. The van der Waals surface area contributed by atoms with Crippen molar-refractivity contribution < 1.29 is 9.59 Å². The molecular weight excluding hydrogens is 326 g/mol. The van der Waals surface area contributed by atoms with Crippen molar-refractivity contribution in [2.24, 2.45) is 5.92 Å². The predicted octanol–water partition coefficient (Wildman–Crippen LogP) is 4.13. The SMILES string of the molecule is CCNC(=O)c1ccc(C(=O)C(CSCC)CSC(C)C)cc1. The lowest BCUT2D eigenvalue weighted by Gasteiger charge is -2.16. The summed E-state index contributed by atoms with van der Waals surface area (Å²) in [7, 11) is 0. The number of benzene rings is 1. The lowest BCUT2D eigenvalue weighted by molar-refractivity contribution is 0.0937. The molecule has 1 rings (SSSR count). The van der Waals surface area contributed by atoms with Crippen LogP contribution in [-0.4, -0.2) is 40.7 Å². The summed E-state index contributed by atoms with van der Waals surface area (Å²) in [6.45, 7) is 8.91. The van der Waals surface area contributed by atoms with E-state index < -0.39 is 0 Å². The van der Waals surface area contributed by atoms with Gasteiger partial charge in [-0.3, -0.25) is 9.59 Å². The molecule has 3 nitrogen and oxygen atoms in total. The van der Waals surface area contributed by atoms with Gasteiger partial charge in [-0.2, -0.15) is 23.5 Å². The van der Waals surface area contributed by atoms with Crippen LogP contribution >= 0.6 is 23.5 Å². The Kier molecular flexibility index (Phi) is 9.41. The number of carbonyl (C=O) groups is 2. The first-order valence-corrected chi connectivity index (χ1v) is 10.3. The number of hydrogen-bond donors (Lipinski definition) is 1. The van der Waals surface area contributed by atoms with E-state index in [1.165, 1.54) is 0 Å². The fourth-order valence-corrected chi connectivity index (χ4v) is 3.88. The maximum atomic E-state index is 12.7. The van der Waals surface area contributed by atoms with Crippen molar-refractivity contribution in [1.82, 2.24) is 5.32 Å². The molecule has 1 amide bonds. The summed E-state index contributed by atoms with van der Waals surface area (Å²) in [6, 6.07) is 7.02. The Balaban J connectivity index is 2.79. The third-order valence-electron chi connectivity index (χ3n) is 3.29. The zero-order chi connectivity index (χ0) is 17.2. The highest BCUT2D eigenvalue weighted by atomic mass is 32.2. The Hall–Kier alpha value is -0.940. The topological polar surface area (TPSA) is 46.2 Å². The summed E-state index contributed by atoms with van der Waals surface area (Å²) in [5, 5.41) is 3.29. The highest BCUT2D eigenvalue weighted by Crippen LogP contribution is 2.22. The molecule has 1 unspecified atom stereocenters. The molecule has 1 N–H and O–H groups in total. The van der Waals surface area contributed by atoms with Gasteiger partial charge in [0.2, 0.25) is 0 Å². The van der Waals surface area contributed by atoms with Crippen LogP contribution < -0.4 is 5.32 Å². The lowest BCUT2D eigenvalue weighted by Crippen LogP contribution is -2.23. The van der Waals surface area contributed by atoms with Crippen LogP contribution in [0.5, 0.6) is 0 Å². The Labute approximate surface area is 148 Å². The number of amides is 1. The average Bonchev–Trinajstić information content (AvgIpc) is 2.54. The molecule has 0 heterocycles. The number of rotatable bonds is 10. The molecule has 1 aromatic rings. The van der Waals surface area contributed by atoms with Crippen molar-refractivity contribution in [1.29, 1.82) is 0 Å². The first-order valence-electron chi connectivity index (χ1n) is 8.11. The van der Waals surface area contributed by atoms with Crippen molar-refractivity contribution in [3.63, 3.8) is 0 Å². The fraction of sp³-hybridized carbons (Fsp3) is 0.556. The Morgan fingerprint density at radius 1 is 1.04 bits per heavy atom. The molecule has 1 aromatic carbocycles. The molecular formula is C18H27NO2S2. The average molecular weight is 354 g/mol. The van der Waals surface area contributed by atoms with Gasteiger partial charge in [-0.05, 0) is 30.1 Å². The van der Waals surface area contributed by atoms with Crippen LogP contribution in [0.3, 0.4) is 0 Å². The predicted molar refractivity (Wildman–Crippen MR) is 103 cm³/mol. The van der Waals surface area contributed by atoms with Gasteiger partial charge in [0.05, 0.1) is 0 Å².